The van der Waals surface area contributed by atoms with Gasteiger partial charge in [0.15, 0.2) is 0 Å². The Bertz CT molecular complexity index is 2150. The Morgan fingerprint density at radius 3 is 1.98 bits per heavy atom. The molecule has 1 spiro atoms. The van der Waals surface area contributed by atoms with Crippen LogP contribution in [0, 0.1) is 0 Å². The summed E-state index contributed by atoms with van der Waals surface area (Å²) in [6, 6.07) is 16.6. The maximum Gasteiger partial charge on any atom is 0.220 e. The van der Waals surface area contributed by atoms with Crippen LogP contribution in [-0.2, 0) is 22.4 Å². The number of carbonyl (C=O) groups excluding carboxylic acids is 2. The Balaban J connectivity index is 0.995. The van der Waals surface area contributed by atoms with Crippen molar-refractivity contribution in [3.63, 3.8) is 0 Å². The van der Waals surface area contributed by atoms with Gasteiger partial charge in [0.05, 0.1) is 41.2 Å². The van der Waals surface area contributed by atoms with Gasteiger partial charge in [0.25, 0.3) is 0 Å². The van der Waals surface area contributed by atoms with E-state index >= 15 is 0 Å². The number of likely N-dealkylation sites (tertiary alicyclic amines) is 1. The summed E-state index contributed by atoms with van der Waals surface area (Å²) in [6.07, 6.45) is 6.66. The first-order chi connectivity index (χ1) is 25.7. The number of nitrogens with one attached hydrogen (secondary N) is 3. The van der Waals surface area contributed by atoms with Crippen LogP contribution in [-0.4, -0.2) is 72.1 Å². The number of ether oxygens (including phenoxy) is 2. The fraction of sp³-hybridized carbons (Fsp3) is 0.415. The van der Waals surface area contributed by atoms with Gasteiger partial charge >= 0.3 is 0 Å². The van der Waals surface area contributed by atoms with Crippen molar-refractivity contribution in [2.75, 3.05) is 33.9 Å². The largest absolute Gasteiger partial charge is 0.481 e. The van der Waals surface area contributed by atoms with E-state index in [1.54, 1.807) is 14.2 Å². The van der Waals surface area contributed by atoms with E-state index in [1.807, 2.05) is 36.4 Å². The number of pyridine rings is 2. The Morgan fingerprint density at radius 2 is 1.40 bits per heavy atom. The van der Waals surface area contributed by atoms with Crippen LogP contribution in [0.15, 0.2) is 48.5 Å². The first-order valence-corrected chi connectivity index (χ1v) is 19.3. The van der Waals surface area contributed by atoms with E-state index in [0.29, 0.717) is 41.2 Å². The molecule has 5 aliphatic rings. The third kappa shape index (κ3) is 6.04. The fourth-order valence-electron chi connectivity index (χ4n) is 9.30. The van der Waals surface area contributed by atoms with Crippen LogP contribution in [0.1, 0.15) is 72.9 Å². The number of aryl methyl sites for hydroxylation is 2. The molecule has 2 aromatic carbocycles. The maximum atomic E-state index is 11.9. The maximum absolute atomic E-state index is 11.9. The van der Waals surface area contributed by atoms with E-state index in [9.17, 15) is 9.59 Å². The van der Waals surface area contributed by atoms with Crippen LogP contribution in [0.25, 0.3) is 33.6 Å². The highest BCUT2D eigenvalue weighted by Gasteiger charge is 2.51. The summed E-state index contributed by atoms with van der Waals surface area (Å²) in [4.78, 5) is 36.1. The van der Waals surface area contributed by atoms with Crippen molar-refractivity contribution in [1.82, 2.24) is 30.8 Å². The molecule has 274 valence electrons. The molecule has 10 nitrogen and oxygen atoms in total. The lowest BCUT2D eigenvalue weighted by atomic mass is 9.86. The Hall–Kier alpha value is -4.22. The molecular weight excluding hydrogens is 711 g/mol. The van der Waals surface area contributed by atoms with Gasteiger partial charge in [-0.2, -0.15) is 0 Å². The van der Waals surface area contributed by atoms with Crippen molar-refractivity contribution < 1.29 is 19.1 Å². The lowest BCUT2D eigenvalue weighted by Gasteiger charge is -2.50. The van der Waals surface area contributed by atoms with Crippen molar-refractivity contribution >= 4 is 35.0 Å². The second kappa shape index (κ2) is 13.6. The van der Waals surface area contributed by atoms with Gasteiger partial charge < -0.3 is 25.4 Å². The number of hydrogen-bond donors (Lipinski definition) is 3. The molecule has 12 heteroatoms. The van der Waals surface area contributed by atoms with Gasteiger partial charge in [0, 0.05) is 84.0 Å². The van der Waals surface area contributed by atoms with E-state index in [1.165, 1.54) is 11.1 Å². The smallest absolute Gasteiger partial charge is 0.220 e. The minimum absolute atomic E-state index is 0.0765. The molecule has 0 bridgehead atoms. The van der Waals surface area contributed by atoms with E-state index in [2.05, 4.69) is 33.0 Å². The van der Waals surface area contributed by atoms with Gasteiger partial charge in [-0.15, -0.1) is 0 Å². The first kappa shape index (κ1) is 34.5. The van der Waals surface area contributed by atoms with Crippen LogP contribution in [0.2, 0.25) is 10.0 Å². The zero-order valence-electron chi connectivity index (χ0n) is 29.9. The third-order valence-corrected chi connectivity index (χ3v) is 12.7. The van der Waals surface area contributed by atoms with E-state index in [-0.39, 0.29) is 35.5 Å². The first-order valence-electron chi connectivity index (χ1n) is 18.6. The lowest BCUT2D eigenvalue weighted by Crippen LogP contribution is -2.67. The summed E-state index contributed by atoms with van der Waals surface area (Å²) in [5.74, 6) is 1.48. The number of rotatable bonds is 9. The summed E-state index contributed by atoms with van der Waals surface area (Å²) in [6.45, 7) is 2.43. The van der Waals surface area contributed by atoms with Gasteiger partial charge in [-0.3, -0.25) is 14.5 Å². The highest BCUT2D eigenvalue weighted by molar-refractivity contribution is 6.39. The van der Waals surface area contributed by atoms with Gasteiger partial charge in [0.2, 0.25) is 23.6 Å². The van der Waals surface area contributed by atoms with Gasteiger partial charge in [0.1, 0.15) is 0 Å². The Labute approximate surface area is 319 Å². The fourth-order valence-corrected chi connectivity index (χ4v) is 9.95. The Morgan fingerprint density at radius 1 is 0.792 bits per heavy atom. The van der Waals surface area contributed by atoms with Crippen molar-refractivity contribution in [2.45, 2.75) is 75.0 Å². The van der Waals surface area contributed by atoms with Crippen LogP contribution >= 0.6 is 23.2 Å². The standard InChI is InChI=1S/C41H42Cl2N6O4/c1-52-39-35-22(9-12-29(35)44-19-24-11-14-33(50)45-24)17-30(46-39)27-7-3-5-25(37(27)42)26-6-4-8-28(38(26)43)31-18-23-10-13-32(36(23)40(47-31)53-2)49-20-41(21-49)16-15-34(51)48-41/h3-8,17-18,24,29,32,44H,9-16,19-21H2,1-2H3,(H,45,50)(H,48,51)/t24-,29+,32-/m0/s1. The monoisotopic (exact) mass is 752 g/mol. The highest BCUT2D eigenvalue weighted by Crippen LogP contribution is 2.48. The molecule has 2 amide bonds. The normalized spacial score (nSPS) is 22.8. The highest BCUT2D eigenvalue weighted by atomic mass is 35.5. The molecule has 0 saturated carbocycles. The molecule has 3 atom stereocenters. The lowest BCUT2D eigenvalue weighted by molar-refractivity contribution is -0.121. The zero-order valence-corrected chi connectivity index (χ0v) is 31.4. The van der Waals surface area contributed by atoms with Gasteiger partial charge in [-0.25, -0.2) is 9.97 Å². The molecule has 3 fully saturated rings. The average Bonchev–Trinajstić information content (AvgIpc) is 3.95. The molecule has 9 rings (SSSR count). The second-order valence-electron chi connectivity index (χ2n) is 15.1. The summed E-state index contributed by atoms with van der Waals surface area (Å²) < 4.78 is 11.8. The topological polar surface area (TPSA) is 118 Å². The molecule has 53 heavy (non-hydrogen) atoms. The van der Waals surface area contributed by atoms with Crippen molar-refractivity contribution in [3.8, 4) is 45.4 Å². The molecule has 3 N–H and O–H groups in total. The molecule has 0 unspecified atom stereocenters. The van der Waals surface area contributed by atoms with Crippen LogP contribution in [0.5, 0.6) is 11.8 Å². The van der Waals surface area contributed by atoms with Crippen LogP contribution in [0.3, 0.4) is 0 Å². The van der Waals surface area contributed by atoms with Crippen molar-refractivity contribution in [2.24, 2.45) is 0 Å². The SMILES string of the molecule is COc1nc(-c2cccc(-c3cccc(-c4cc5c(c(OC)n4)[C@@H](N4CC6(CCC(=O)N6)C4)CC5)c3Cl)c2Cl)cc2c1[C@H](NC[C@@H]1CCC(=O)N1)CC2. The molecule has 2 aliphatic carbocycles. The zero-order chi connectivity index (χ0) is 36.4. The number of benzene rings is 2. The summed E-state index contributed by atoms with van der Waals surface area (Å²) in [7, 11) is 3.33. The summed E-state index contributed by atoms with van der Waals surface area (Å²) >= 11 is 14.5. The second-order valence-corrected chi connectivity index (χ2v) is 15.9. The van der Waals surface area contributed by atoms with Crippen molar-refractivity contribution in [1.29, 1.82) is 0 Å². The summed E-state index contributed by atoms with van der Waals surface area (Å²) in [5, 5.41) is 11.0. The summed E-state index contributed by atoms with van der Waals surface area (Å²) in [5.41, 5.74) is 9.23. The number of fused-ring (bicyclic) bond motifs is 2. The number of carbonyl (C=O) groups is 2. The Kier molecular flexibility index (Phi) is 8.84. The predicted molar refractivity (Wildman–Crippen MR) is 204 cm³/mol. The molecule has 3 saturated heterocycles. The number of amides is 2. The van der Waals surface area contributed by atoms with E-state index in [4.69, 9.17) is 42.6 Å². The number of methoxy groups -OCH3 is 2. The van der Waals surface area contributed by atoms with Crippen LogP contribution in [0.4, 0.5) is 0 Å². The number of hydrogen-bond acceptors (Lipinski definition) is 8. The molecule has 4 aromatic rings. The predicted octanol–water partition coefficient (Wildman–Crippen LogP) is 6.61. The molecule has 5 heterocycles. The quantitative estimate of drug-likeness (QED) is 0.175. The molecule has 3 aliphatic heterocycles. The minimum atomic E-state index is -0.0765. The van der Waals surface area contributed by atoms with Crippen LogP contribution < -0.4 is 25.4 Å². The number of nitrogens with zero attached hydrogens (tertiary/aromatic N) is 3. The molecule has 0 radical (unpaired) electrons. The number of halogens is 2. The molecular formula is C41H42Cl2N6O4. The van der Waals surface area contributed by atoms with E-state index in [0.717, 1.165) is 96.4 Å². The third-order valence-electron chi connectivity index (χ3n) is 11.9. The minimum Gasteiger partial charge on any atom is -0.481 e. The molecule has 2 aromatic heterocycles. The van der Waals surface area contributed by atoms with Gasteiger partial charge in [-0.1, -0.05) is 59.6 Å². The van der Waals surface area contributed by atoms with E-state index < -0.39 is 0 Å². The van der Waals surface area contributed by atoms with Gasteiger partial charge in [-0.05, 0) is 61.8 Å². The number of aromatic nitrogens is 2. The average molecular weight is 754 g/mol. The van der Waals surface area contributed by atoms with Crippen molar-refractivity contribution in [3.05, 3.63) is 80.8 Å².